The summed E-state index contributed by atoms with van der Waals surface area (Å²) in [6.45, 7) is 0.373. The number of aromatic hydroxyl groups is 1. The van der Waals surface area contributed by atoms with Crippen molar-refractivity contribution >= 4 is 23.6 Å². The molecular weight excluding hydrogens is 546 g/mol. The molecule has 0 saturated carbocycles. The molecule has 43 heavy (non-hydrogen) atoms. The molecule has 1 heterocycles. The van der Waals surface area contributed by atoms with Gasteiger partial charge in [-0.3, -0.25) is 19.2 Å². The molecule has 1 aliphatic heterocycles. The lowest BCUT2D eigenvalue weighted by atomic mass is 10.0. The molecule has 10 nitrogen and oxygen atoms in total. The molecule has 10 heteroatoms. The number of carbonyl (C=O) groups is 4. The number of nitrogens with zero attached hydrogens (tertiary/aromatic N) is 2. The van der Waals surface area contributed by atoms with Crippen LogP contribution in [0.2, 0.25) is 0 Å². The summed E-state index contributed by atoms with van der Waals surface area (Å²) in [6.07, 6.45) is 1.72. The SMILES string of the molecule is CN(C(=O)[C@H](Cc1ccccc1)NC(=O)[C@@H]1CCCN1C(=O)[C@@H](N)Cc1ccc(O)cc1)[C@@H](Cc1ccccc1)C(N)=O. The van der Waals surface area contributed by atoms with Gasteiger partial charge in [-0.1, -0.05) is 72.8 Å². The first-order chi connectivity index (χ1) is 20.6. The lowest BCUT2D eigenvalue weighted by Crippen LogP contribution is -2.58. The van der Waals surface area contributed by atoms with Crippen LogP contribution in [0.15, 0.2) is 84.9 Å². The van der Waals surface area contributed by atoms with Crippen LogP contribution in [0.25, 0.3) is 0 Å². The van der Waals surface area contributed by atoms with E-state index in [0.717, 1.165) is 16.7 Å². The maximum Gasteiger partial charge on any atom is 0.245 e. The molecule has 226 valence electrons. The highest BCUT2D eigenvalue weighted by Gasteiger charge is 2.39. The van der Waals surface area contributed by atoms with Gasteiger partial charge in [-0.15, -0.1) is 0 Å². The minimum Gasteiger partial charge on any atom is -0.508 e. The number of likely N-dealkylation sites (tertiary alicyclic amines) is 1. The zero-order valence-electron chi connectivity index (χ0n) is 24.3. The number of primary amides is 1. The van der Waals surface area contributed by atoms with E-state index in [1.165, 1.54) is 29.0 Å². The predicted octanol–water partition coefficient (Wildman–Crippen LogP) is 1.54. The number of likely N-dealkylation sites (N-methyl/N-ethyl adjacent to an activating group) is 1. The fourth-order valence-corrected chi connectivity index (χ4v) is 5.47. The maximum absolute atomic E-state index is 13.9. The fraction of sp³-hybridized carbons (Fsp3) is 0.333. The van der Waals surface area contributed by atoms with Crippen molar-refractivity contribution in [3.63, 3.8) is 0 Å². The van der Waals surface area contributed by atoms with Gasteiger partial charge in [0.05, 0.1) is 6.04 Å². The molecule has 4 amide bonds. The van der Waals surface area contributed by atoms with Gasteiger partial charge < -0.3 is 31.7 Å². The van der Waals surface area contributed by atoms with Gasteiger partial charge in [0.2, 0.25) is 23.6 Å². The smallest absolute Gasteiger partial charge is 0.245 e. The van der Waals surface area contributed by atoms with E-state index in [1.807, 2.05) is 60.7 Å². The molecule has 6 N–H and O–H groups in total. The monoisotopic (exact) mass is 585 g/mol. The van der Waals surface area contributed by atoms with Crippen LogP contribution >= 0.6 is 0 Å². The molecule has 4 rings (SSSR count). The van der Waals surface area contributed by atoms with Crippen molar-refractivity contribution in [1.29, 1.82) is 0 Å². The third-order valence-electron chi connectivity index (χ3n) is 7.86. The van der Waals surface area contributed by atoms with Crippen molar-refractivity contribution in [2.45, 2.75) is 56.3 Å². The van der Waals surface area contributed by atoms with E-state index < -0.39 is 41.9 Å². The lowest BCUT2D eigenvalue weighted by Gasteiger charge is -2.32. The van der Waals surface area contributed by atoms with Crippen LogP contribution in [0.3, 0.4) is 0 Å². The van der Waals surface area contributed by atoms with Gasteiger partial charge in [0.25, 0.3) is 0 Å². The Morgan fingerprint density at radius 1 is 0.884 bits per heavy atom. The maximum atomic E-state index is 13.9. The van der Waals surface area contributed by atoms with Crippen molar-refractivity contribution in [2.75, 3.05) is 13.6 Å². The van der Waals surface area contributed by atoms with Crippen LogP contribution in [-0.2, 0) is 38.4 Å². The first kappa shape index (κ1) is 31.2. The number of rotatable bonds is 12. The van der Waals surface area contributed by atoms with E-state index in [4.69, 9.17) is 11.5 Å². The normalized spacial score (nSPS) is 16.6. The molecule has 0 aliphatic carbocycles. The van der Waals surface area contributed by atoms with Crippen molar-refractivity contribution in [3.05, 3.63) is 102 Å². The highest BCUT2D eigenvalue weighted by molar-refractivity contribution is 5.95. The number of hydrogen-bond acceptors (Lipinski definition) is 6. The summed E-state index contributed by atoms with van der Waals surface area (Å²) in [5.41, 5.74) is 14.4. The first-order valence-corrected chi connectivity index (χ1v) is 14.4. The number of nitrogens with two attached hydrogens (primary N) is 2. The summed E-state index contributed by atoms with van der Waals surface area (Å²) in [5.74, 6) is -1.81. The Labute approximate surface area is 251 Å². The van der Waals surface area contributed by atoms with E-state index >= 15 is 0 Å². The number of hydrogen-bond donors (Lipinski definition) is 4. The van der Waals surface area contributed by atoms with Gasteiger partial charge in [0.15, 0.2) is 0 Å². The zero-order valence-corrected chi connectivity index (χ0v) is 24.3. The quantitative estimate of drug-likeness (QED) is 0.252. The van der Waals surface area contributed by atoms with Crippen LogP contribution < -0.4 is 16.8 Å². The Hall–Kier alpha value is -4.70. The Bertz CT molecular complexity index is 1400. The molecule has 1 saturated heterocycles. The second-order valence-corrected chi connectivity index (χ2v) is 11.0. The molecule has 0 radical (unpaired) electrons. The van der Waals surface area contributed by atoms with Gasteiger partial charge in [-0.25, -0.2) is 0 Å². The van der Waals surface area contributed by atoms with E-state index in [-0.39, 0.29) is 30.9 Å². The highest BCUT2D eigenvalue weighted by Crippen LogP contribution is 2.21. The van der Waals surface area contributed by atoms with E-state index in [0.29, 0.717) is 19.4 Å². The van der Waals surface area contributed by atoms with E-state index in [1.54, 1.807) is 12.1 Å². The van der Waals surface area contributed by atoms with Crippen molar-refractivity contribution < 1.29 is 24.3 Å². The van der Waals surface area contributed by atoms with Gasteiger partial charge in [-0.2, -0.15) is 0 Å². The molecule has 4 atom stereocenters. The van der Waals surface area contributed by atoms with Gasteiger partial charge in [-0.05, 0) is 48.1 Å². The summed E-state index contributed by atoms with van der Waals surface area (Å²) < 4.78 is 0. The number of nitrogens with one attached hydrogen (secondary N) is 1. The topological polar surface area (TPSA) is 159 Å². The summed E-state index contributed by atoms with van der Waals surface area (Å²) in [6, 6.07) is 21.4. The van der Waals surface area contributed by atoms with Gasteiger partial charge in [0, 0.05) is 26.4 Å². The standard InChI is InChI=1S/C33H39N5O5/c1-37(29(30(35)40)21-23-11-6-3-7-12-23)33(43)27(20-22-9-4-2-5-10-22)36-31(41)28-13-8-18-38(28)32(42)26(34)19-24-14-16-25(39)17-15-24/h2-7,9-12,14-17,26-29,39H,8,13,18-21,34H2,1H3,(H2,35,40)(H,36,41)/t26-,27-,28-,29-/m0/s1. The molecule has 1 fully saturated rings. The second-order valence-electron chi connectivity index (χ2n) is 11.0. The molecular formula is C33H39N5O5. The van der Waals surface area contributed by atoms with Gasteiger partial charge in [0.1, 0.15) is 23.9 Å². The Balaban J connectivity index is 1.50. The zero-order chi connectivity index (χ0) is 30.9. The second kappa shape index (κ2) is 14.5. The molecule has 1 aliphatic rings. The Kier molecular flexibility index (Phi) is 10.5. The van der Waals surface area contributed by atoms with Gasteiger partial charge >= 0.3 is 0 Å². The minimum absolute atomic E-state index is 0.118. The summed E-state index contributed by atoms with van der Waals surface area (Å²) in [4.78, 5) is 56.1. The number of phenolic OH excluding ortho intramolecular Hbond substituents is 1. The third-order valence-corrected chi connectivity index (χ3v) is 7.86. The number of phenols is 1. The summed E-state index contributed by atoms with van der Waals surface area (Å²) in [5, 5.41) is 12.4. The van der Waals surface area contributed by atoms with Crippen LogP contribution in [0.1, 0.15) is 29.5 Å². The number of benzene rings is 3. The van der Waals surface area contributed by atoms with E-state index in [9.17, 15) is 24.3 Å². The van der Waals surface area contributed by atoms with E-state index in [2.05, 4.69) is 5.32 Å². The average molecular weight is 586 g/mol. The van der Waals surface area contributed by atoms with Crippen molar-refractivity contribution in [3.8, 4) is 5.75 Å². The van der Waals surface area contributed by atoms with Crippen LogP contribution in [0, 0.1) is 0 Å². The third kappa shape index (κ3) is 8.20. The first-order valence-electron chi connectivity index (χ1n) is 14.4. The number of carbonyl (C=O) groups excluding carboxylic acids is 4. The minimum atomic E-state index is -0.999. The molecule has 0 bridgehead atoms. The highest BCUT2D eigenvalue weighted by atomic mass is 16.3. The summed E-state index contributed by atoms with van der Waals surface area (Å²) >= 11 is 0. The molecule has 0 aromatic heterocycles. The molecule has 0 unspecified atom stereocenters. The lowest BCUT2D eigenvalue weighted by molar-refractivity contribution is -0.143. The van der Waals surface area contributed by atoms with Crippen LogP contribution in [0.5, 0.6) is 5.75 Å². The Morgan fingerprint density at radius 3 is 2.02 bits per heavy atom. The largest absolute Gasteiger partial charge is 0.508 e. The predicted molar refractivity (Wildman–Crippen MR) is 162 cm³/mol. The number of amides is 4. The van der Waals surface area contributed by atoms with Crippen molar-refractivity contribution in [2.24, 2.45) is 11.5 Å². The molecule has 3 aromatic carbocycles. The van der Waals surface area contributed by atoms with Crippen molar-refractivity contribution in [1.82, 2.24) is 15.1 Å². The van der Waals surface area contributed by atoms with Crippen LogP contribution in [0.4, 0.5) is 0 Å². The Morgan fingerprint density at radius 2 is 1.44 bits per heavy atom. The molecule has 0 spiro atoms. The fourth-order valence-electron chi connectivity index (χ4n) is 5.47. The van der Waals surface area contributed by atoms with Crippen LogP contribution in [-0.4, -0.2) is 76.3 Å². The molecule has 3 aromatic rings. The summed E-state index contributed by atoms with van der Waals surface area (Å²) in [7, 11) is 1.51. The average Bonchev–Trinajstić information content (AvgIpc) is 3.51.